The lowest BCUT2D eigenvalue weighted by atomic mass is 9.90. The number of Topliss-reactive ketones (excluding diaryl/α,β-unsaturated/α-hetero) is 1. The zero-order chi connectivity index (χ0) is 23.6. The van der Waals surface area contributed by atoms with E-state index < -0.39 is 41.2 Å². The Bertz CT molecular complexity index is 798. The van der Waals surface area contributed by atoms with Crippen LogP contribution in [0.5, 0.6) is 0 Å². The Labute approximate surface area is 184 Å². The fraction of sp³-hybridized carbons (Fsp3) is 0.625. The Hall–Kier alpha value is -2.41. The molecule has 1 aliphatic rings. The lowest BCUT2D eigenvalue weighted by molar-refractivity contribution is -0.127. The van der Waals surface area contributed by atoms with Gasteiger partial charge in [0, 0.05) is 0 Å². The van der Waals surface area contributed by atoms with E-state index in [1.165, 1.54) is 0 Å². The van der Waals surface area contributed by atoms with Gasteiger partial charge in [-0.2, -0.15) is 0 Å². The van der Waals surface area contributed by atoms with Crippen molar-refractivity contribution in [2.24, 2.45) is 11.8 Å². The van der Waals surface area contributed by atoms with Crippen molar-refractivity contribution in [1.29, 1.82) is 0 Å². The standard InChI is InChI=1S/C24H36N2O5/c1-14(2)13-16(25-22(30)31-23(3,4)5)21(29)26-24(6,7)20(28)18-17(19(18)27)15-11-9-8-10-12-15/h8-12,14,16-18,20,28H,13H2,1-7H3,(H,25,30)(H,26,29)/t16-,17?,18?,20?/m0/s1. The molecule has 0 saturated heterocycles. The van der Waals surface area contributed by atoms with Gasteiger partial charge in [0.25, 0.3) is 0 Å². The van der Waals surface area contributed by atoms with Crippen molar-refractivity contribution in [3.05, 3.63) is 35.9 Å². The molecular formula is C24H36N2O5. The van der Waals surface area contributed by atoms with Gasteiger partial charge in [-0.25, -0.2) is 4.79 Å². The molecule has 0 spiro atoms. The summed E-state index contributed by atoms with van der Waals surface area (Å²) < 4.78 is 5.28. The summed E-state index contributed by atoms with van der Waals surface area (Å²) in [5, 5.41) is 16.4. The molecule has 1 aliphatic carbocycles. The van der Waals surface area contributed by atoms with Crippen molar-refractivity contribution in [3.63, 3.8) is 0 Å². The van der Waals surface area contributed by atoms with Gasteiger partial charge in [0.05, 0.1) is 23.5 Å². The second-order valence-corrected chi connectivity index (χ2v) is 10.3. The van der Waals surface area contributed by atoms with E-state index >= 15 is 0 Å². The number of ether oxygens (including phenoxy) is 1. The van der Waals surface area contributed by atoms with Crippen LogP contribution >= 0.6 is 0 Å². The van der Waals surface area contributed by atoms with E-state index in [4.69, 9.17) is 4.74 Å². The predicted molar refractivity (Wildman–Crippen MR) is 119 cm³/mol. The highest BCUT2D eigenvalue weighted by molar-refractivity contribution is 6.05. The Morgan fingerprint density at radius 1 is 1.10 bits per heavy atom. The lowest BCUT2D eigenvalue weighted by Gasteiger charge is -2.34. The maximum Gasteiger partial charge on any atom is 0.408 e. The summed E-state index contributed by atoms with van der Waals surface area (Å²) in [4.78, 5) is 37.6. The first-order chi connectivity index (χ1) is 14.2. The molecule has 7 nitrogen and oxygen atoms in total. The molecule has 1 aromatic rings. The summed E-state index contributed by atoms with van der Waals surface area (Å²) in [5.74, 6) is -1.25. The summed E-state index contributed by atoms with van der Waals surface area (Å²) in [7, 11) is 0. The van der Waals surface area contributed by atoms with Crippen LogP contribution in [0.2, 0.25) is 0 Å². The highest BCUT2D eigenvalue weighted by Crippen LogP contribution is 2.47. The van der Waals surface area contributed by atoms with Crippen molar-refractivity contribution in [1.82, 2.24) is 10.6 Å². The fourth-order valence-electron chi connectivity index (χ4n) is 3.71. The van der Waals surface area contributed by atoms with Gasteiger partial charge in [-0.3, -0.25) is 9.59 Å². The fourth-order valence-corrected chi connectivity index (χ4v) is 3.71. The molecule has 0 radical (unpaired) electrons. The zero-order valence-electron chi connectivity index (χ0n) is 19.6. The molecule has 0 bridgehead atoms. The van der Waals surface area contributed by atoms with Gasteiger partial charge in [-0.05, 0) is 52.5 Å². The number of nitrogens with one attached hydrogen (secondary N) is 2. The summed E-state index contributed by atoms with van der Waals surface area (Å²) in [6.45, 7) is 12.5. The van der Waals surface area contributed by atoms with E-state index in [1.807, 2.05) is 44.2 Å². The van der Waals surface area contributed by atoms with E-state index in [9.17, 15) is 19.5 Å². The van der Waals surface area contributed by atoms with E-state index in [2.05, 4.69) is 10.6 Å². The van der Waals surface area contributed by atoms with Crippen LogP contribution in [0.1, 0.15) is 66.4 Å². The Morgan fingerprint density at radius 3 is 2.19 bits per heavy atom. The van der Waals surface area contributed by atoms with Gasteiger partial charge >= 0.3 is 6.09 Å². The van der Waals surface area contributed by atoms with Crippen LogP contribution in [0.15, 0.2) is 30.3 Å². The molecule has 31 heavy (non-hydrogen) atoms. The highest BCUT2D eigenvalue weighted by atomic mass is 16.6. The molecule has 0 aromatic heterocycles. The van der Waals surface area contributed by atoms with Crippen molar-refractivity contribution in [2.45, 2.75) is 84.1 Å². The SMILES string of the molecule is CC(C)C[C@H](NC(=O)OC(C)(C)C)C(=O)NC(C)(C)C(O)C1C(=O)C1c1ccccc1. The molecule has 0 aliphatic heterocycles. The first kappa shape index (κ1) is 24.9. The number of carbonyl (C=O) groups excluding carboxylic acids is 3. The molecule has 3 unspecified atom stereocenters. The molecule has 0 heterocycles. The van der Waals surface area contributed by atoms with E-state index in [1.54, 1.807) is 34.6 Å². The number of ketones is 1. The van der Waals surface area contributed by atoms with Crippen LogP contribution < -0.4 is 10.6 Å². The van der Waals surface area contributed by atoms with Gasteiger partial charge in [-0.1, -0.05) is 44.2 Å². The number of hydrogen-bond donors (Lipinski definition) is 3. The quantitative estimate of drug-likeness (QED) is 0.585. The second kappa shape index (κ2) is 9.39. The average Bonchev–Trinajstić information content (AvgIpc) is 3.29. The third kappa shape index (κ3) is 6.79. The predicted octanol–water partition coefficient (Wildman–Crippen LogP) is 3.16. The van der Waals surface area contributed by atoms with Crippen molar-refractivity contribution in [3.8, 4) is 0 Å². The summed E-state index contributed by atoms with van der Waals surface area (Å²) in [5.41, 5.74) is -0.883. The number of rotatable bonds is 8. The summed E-state index contributed by atoms with van der Waals surface area (Å²) in [6.07, 6.45) is -1.32. The van der Waals surface area contributed by atoms with Crippen molar-refractivity contribution < 1.29 is 24.2 Å². The van der Waals surface area contributed by atoms with E-state index in [0.29, 0.717) is 6.42 Å². The van der Waals surface area contributed by atoms with Gasteiger partial charge in [0.2, 0.25) is 5.91 Å². The van der Waals surface area contributed by atoms with Crippen molar-refractivity contribution in [2.75, 3.05) is 0 Å². The molecule has 3 N–H and O–H groups in total. The number of aliphatic hydroxyl groups excluding tert-OH is 1. The largest absolute Gasteiger partial charge is 0.444 e. The van der Waals surface area contributed by atoms with Crippen LogP contribution in [-0.2, 0) is 14.3 Å². The maximum absolute atomic E-state index is 13.0. The topological polar surface area (TPSA) is 105 Å². The molecule has 1 saturated carbocycles. The zero-order valence-corrected chi connectivity index (χ0v) is 19.6. The van der Waals surface area contributed by atoms with Crippen LogP contribution in [0.4, 0.5) is 4.79 Å². The molecule has 7 heteroatoms. The number of alkyl carbamates (subject to hydrolysis) is 1. The van der Waals surface area contributed by atoms with E-state index in [-0.39, 0.29) is 17.6 Å². The minimum Gasteiger partial charge on any atom is -0.444 e. The van der Waals surface area contributed by atoms with Crippen LogP contribution in [0.3, 0.4) is 0 Å². The first-order valence-electron chi connectivity index (χ1n) is 10.8. The summed E-state index contributed by atoms with van der Waals surface area (Å²) in [6, 6.07) is 8.50. The summed E-state index contributed by atoms with van der Waals surface area (Å²) >= 11 is 0. The highest BCUT2D eigenvalue weighted by Gasteiger charge is 2.57. The van der Waals surface area contributed by atoms with Crippen LogP contribution in [-0.4, -0.2) is 46.2 Å². The molecule has 1 aromatic carbocycles. The van der Waals surface area contributed by atoms with Gasteiger partial charge in [-0.15, -0.1) is 0 Å². The molecule has 172 valence electrons. The maximum atomic E-state index is 13.0. The molecule has 2 amide bonds. The van der Waals surface area contributed by atoms with Crippen molar-refractivity contribution >= 4 is 17.8 Å². The Morgan fingerprint density at radius 2 is 1.68 bits per heavy atom. The van der Waals surface area contributed by atoms with Crippen LogP contribution in [0, 0.1) is 11.8 Å². The van der Waals surface area contributed by atoms with Gasteiger partial charge in [0.1, 0.15) is 17.4 Å². The third-order valence-corrected chi connectivity index (χ3v) is 5.28. The first-order valence-corrected chi connectivity index (χ1v) is 10.8. The van der Waals surface area contributed by atoms with Gasteiger partial charge < -0.3 is 20.5 Å². The van der Waals surface area contributed by atoms with Crippen LogP contribution in [0.25, 0.3) is 0 Å². The molecular weight excluding hydrogens is 396 g/mol. The molecule has 1 fully saturated rings. The third-order valence-electron chi connectivity index (χ3n) is 5.28. The Balaban J connectivity index is 2.07. The lowest BCUT2D eigenvalue weighted by Crippen LogP contribution is -2.59. The normalized spacial score (nSPS) is 20.7. The number of benzene rings is 1. The average molecular weight is 433 g/mol. The Kier molecular flexibility index (Phi) is 7.53. The number of aliphatic hydroxyl groups is 1. The monoisotopic (exact) mass is 432 g/mol. The van der Waals surface area contributed by atoms with E-state index in [0.717, 1.165) is 5.56 Å². The number of carbonyl (C=O) groups is 3. The van der Waals surface area contributed by atoms with Gasteiger partial charge in [0.15, 0.2) is 0 Å². The molecule has 2 rings (SSSR count). The minimum atomic E-state index is -1.06. The number of hydrogen-bond acceptors (Lipinski definition) is 5. The molecule has 4 atom stereocenters. The minimum absolute atomic E-state index is 0.0355. The second-order valence-electron chi connectivity index (χ2n) is 10.3. The smallest absolute Gasteiger partial charge is 0.408 e. The number of amides is 2.